The summed E-state index contributed by atoms with van der Waals surface area (Å²) in [4.78, 5) is -0.582. The molecule has 0 aromatic heterocycles. The first-order valence-electron chi connectivity index (χ1n) is 9.68. The van der Waals surface area contributed by atoms with E-state index in [9.17, 15) is 34.8 Å². The maximum Gasteiger partial charge on any atom is 0.573 e. The highest BCUT2D eigenvalue weighted by Crippen LogP contribution is 2.41. The van der Waals surface area contributed by atoms with E-state index in [4.69, 9.17) is 4.74 Å². The zero-order valence-corrected chi connectivity index (χ0v) is 17.8. The van der Waals surface area contributed by atoms with Gasteiger partial charge in [-0.1, -0.05) is 30.3 Å². The van der Waals surface area contributed by atoms with Gasteiger partial charge in [0.15, 0.2) is 0 Å². The second-order valence-corrected chi connectivity index (χ2v) is 9.04. The number of alkyl halides is 6. The average Bonchev–Trinajstić information content (AvgIpc) is 2.77. The lowest BCUT2D eigenvalue weighted by Crippen LogP contribution is -2.38. The Balaban J connectivity index is 1.79. The monoisotopic (exact) mass is 503 g/mol. The van der Waals surface area contributed by atoms with E-state index in [2.05, 4.69) is 4.74 Å². The lowest BCUT2D eigenvalue weighted by Gasteiger charge is -2.31. The molecule has 180 valence electrons. The number of hydrogen-bond donors (Lipinski definition) is 0. The van der Waals surface area contributed by atoms with Crippen LogP contribution in [0, 0.1) is 0 Å². The molecule has 0 saturated heterocycles. The molecular weight excluding hydrogens is 488 g/mol. The van der Waals surface area contributed by atoms with Crippen molar-refractivity contribution in [2.75, 3.05) is 17.5 Å². The van der Waals surface area contributed by atoms with E-state index in [0.717, 1.165) is 28.6 Å². The summed E-state index contributed by atoms with van der Waals surface area (Å²) in [5, 5.41) is 0. The predicted octanol–water partition coefficient (Wildman–Crippen LogP) is 5.86. The Bertz CT molecular complexity index is 1320. The summed E-state index contributed by atoms with van der Waals surface area (Å²) in [6, 6.07) is 12.7. The molecule has 0 fully saturated rings. The van der Waals surface area contributed by atoms with Gasteiger partial charge in [-0.25, -0.2) is 8.42 Å². The Morgan fingerprint density at radius 2 is 1.62 bits per heavy atom. The van der Waals surface area contributed by atoms with Crippen molar-refractivity contribution in [3.63, 3.8) is 0 Å². The molecule has 12 heteroatoms. The second-order valence-electron chi connectivity index (χ2n) is 7.18. The van der Waals surface area contributed by atoms with Crippen LogP contribution in [0.1, 0.15) is 5.56 Å². The number of sulfonamides is 1. The Labute approximate surface area is 190 Å². The topological polar surface area (TPSA) is 55.8 Å². The van der Waals surface area contributed by atoms with Crippen molar-refractivity contribution in [3.8, 4) is 22.6 Å². The summed E-state index contributed by atoms with van der Waals surface area (Å²) in [7, 11) is -4.45. The first kappa shape index (κ1) is 23.7. The molecule has 3 aromatic rings. The minimum absolute atomic E-state index is 0.0250. The van der Waals surface area contributed by atoms with Gasteiger partial charge in [0.2, 0.25) is 0 Å². The van der Waals surface area contributed by atoms with Gasteiger partial charge in [0.05, 0.1) is 22.7 Å². The molecular formula is C22H15F6NO4S. The van der Waals surface area contributed by atoms with Crippen LogP contribution in [-0.4, -0.2) is 27.9 Å². The van der Waals surface area contributed by atoms with E-state index in [1.54, 1.807) is 0 Å². The van der Waals surface area contributed by atoms with Crippen molar-refractivity contribution in [3.05, 3.63) is 72.3 Å². The number of nitrogens with zero attached hydrogens (tertiary/aromatic N) is 1. The largest absolute Gasteiger partial charge is 0.573 e. The molecule has 0 unspecified atom stereocenters. The Morgan fingerprint density at radius 3 is 2.32 bits per heavy atom. The van der Waals surface area contributed by atoms with E-state index in [0.29, 0.717) is 6.07 Å². The van der Waals surface area contributed by atoms with Crippen LogP contribution in [0.2, 0.25) is 0 Å². The molecule has 1 aliphatic rings. The van der Waals surface area contributed by atoms with Crippen molar-refractivity contribution in [1.29, 1.82) is 0 Å². The molecule has 4 rings (SSSR count). The number of para-hydroxylation sites is 1. The molecule has 0 radical (unpaired) electrons. The summed E-state index contributed by atoms with van der Waals surface area (Å²) in [5.74, 6) is -0.390. The van der Waals surface area contributed by atoms with Crippen LogP contribution in [0.3, 0.4) is 0 Å². The van der Waals surface area contributed by atoms with Gasteiger partial charge in [-0.3, -0.25) is 4.31 Å². The van der Waals surface area contributed by atoms with Crippen LogP contribution in [0.25, 0.3) is 11.1 Å². The Kier molecular flexibility index (Phi) is 5.88. The smallest absolute Gasteiger partial charge is 0.489 e. The first-order chi connectivity index (χ1) is 15.9. The van der Waals surface area contributed by atoms with Gasteiger partial charge in [0.25, 0.3) is 10.0 Å². The molecule has 0 atom stereocenters. The molecule has 0 amide bonds. The van der Waals surface area contributed by atoms with Gasteiger partial charge >= 0.3 is 12.5 Å². The maximum absolute atomic E-state index is 13.3. The fourth-order valence-corrected chi connectivity index (χ4v) is 4.99. The molecule has 0 N–H and O–H groups in total. The third kappa shape index (κ3) is 4.76. The zero-order chi connectivity index (χ0) is 24.7. The van der Waals surface area contributed by atoms with Crippen molar-refractivity contribution < 1.29 is 44.2 Å². The van der Waals surface area contributed by atoms with Crippen molar-refractivity contribution >= 4 is 15.7 Å². The lowest BCUT2D eigenvalue weighted by atomic mass is 10.0. The number of rotatable bonds is 4. The molecule has 3 aromatic carbocycles. The van der Waals surface area contributed by atoms with Gasteiger partial charge in [0.1, 0.15) is 18.1 Å². The Hall–Kier alpha value is -3.41. The number of halogens is 6. The number of hydrogen-bond acceptors (Lipinski definition) is 4. The predicted molar refractivity (Wildman–Crippen MR) is 110 cm³/mol. The van der Waals surface area contributed by atoms with Crippen molar-refractivity contribution in [2.45, 2.75) is 17.4 Å². The molecule has 34 heavy (non-hydrogen) atoms. The zero-order valence-electron chi connectivity index (χ0n) is 17.0. The first-order valence-corrected chi connectivity index (χ1v) is 11.1. The van der Waals surface area contributed by atoms with Gasteiger partial charge < -0.3 is 9.47 Å². The summed E-state index contributed by atoms with van der Waals surface area (Å²) >= 11 is 0. The van der Waals surface area contributed by atoms with Crippen LogP contribution in [0.5, 0.6) is 11.5 Å². The molecule has 0 bridgehead atoms. The van der Waals surface area contributed by atoms with E-state index < -0.39 is 38.8 Å². The fraction of sp³-hybridized carbons (Fsp3) is 0.182. The number of anilines is 1. The van der Waals surface area contributed by atoms with Crippen LogP contribution in [0.4, 0.5) is 32.0 Å². The minimum Gasteiger partial charge on any atom is -0.489 e. The molecule has 1 heterocycles. The van der Waals surface area contributed by atoms with E-state index in [1.807, 2.05) is 0 Å². The van der Waals surface area contributed by atoms with Gasteiger partial charge in [-0.2, -0.15) is 13.2 Å². The van der Waals surface area contributed by atoms with Crippen LogP contribution < -0.4 is 13.8 Å². The third-order valence-electron chi connectivity index (χ3n) is 4.95. The van der Waals surface area contributed by atoms with Crippen molar-refractivity contribution in [2.24, 2.45) is 0 Å². The minimum atomic E-state index is -4.95. The summed E-state index contributed by atoms with van der Waals surface area (Å²) in [6.45, 7) is -0.284. The van der Waals surface area contributed by atoms with Gasteiger partial charge in [-0.15, -0.1) is 13.2 Å². The maximum atomic E-state index is 13.3. The Morgan fingerprint density at radius 1 is 0.882 bits per heavy atom. The molecule has 0 aliphatic carbocycles. The highest BCUT2D eigenvalue weighted by Gasteiger charge is 2.35. The SMILES string of the molecule is O=S(=O)(c1cccc(C(F)(F)F)c1)N1CCOc2ccc(-c3ccccc3OC(F)(F)F)cc21. The number of fused-ring (bicyclic) bond motifs is 1. The highest BCUT2D eigenvalue weighted by atomic mass is 32.2. The van der Waals surface area contributed by atoms with Gasteiger partial charge in [0, 0.05) is 5.56 Å². The summed E-state index contributed by atoms with van der Waals surface area (Å²) in [5.41, 5.74) is -0.935. The van der Waals surface area contributed by atoms with Crippen LogP contribution in [0.15, 0.2) is 71.6 Å². The average molecular weight is 503 g/mol. The van der Waals surface area contributed by atoms with Gasteiger partial charge in [-0.05, 0) is 42.0 Å². The molecule has 1 aliphatic heterocycles. The molecule has 5 nitrogen and oxygen atoms in total. The standard InChI is InChI=1S/C22H15F6NO4S/c23-21(24,25)15-4-3-5-16(13-15)34(30,31)29-10-11-32-20-9-8-14(12-18(20)29)17-6-1-2-7-19(17)33-22(26,27)28/h1-9,12-13H,10-11H2. The van der Waals surface area contributed by atoms with Crippen molar-refractivity contribution in [1.82, 2.24) is 0 Å². The number of benzene rings is 3. The van der Waals surface area contributed by atoms with E-state index in [-0.39, 0.29) is 35.7 Å². The quantitative estimate of drug-likeness (QED) is 0.419. The summed E-state index contributed by atoms with van der Waals surface area (Å²) in [6.07, 6.45) is -9.70. The summed E-state index contributed by atoms with van der Waals surface area (Å²) < 4.78 is 115. The molecule has 0 saturated carbocycles. The molecule has 0 spiro atoms. The lowest BCUT2D eigenvalue weighted by molar-refractivity contribution is -0.274. The van der Waals surface area contributed by atoms with Crippen LogP contribution >= 0.6 is 0 Å². The highest BCUT2D eigenvalue weighted by molar-refractivity contribution is 7.92. The normalized spacial score (nSPS) is 14.4. The van der Waals surface area contributed by atoms with E-state index in [1.165, 1.54) is 36.4 Å². The van der Waals surface area contributed by atoms with Crippen LogP contribution in [-0.2, 0) is 16.2 Å². The fourth-order valence-electron chi connectivity index (χ4n) is 3.49. The number of ether oxygens (including phenoxy) is 2. The second kappa shape index (κ2) is 8.42. The third-order valence-corrected chi connectivity index (χ3v) is 6.76. The van der Waals surface area contributed by atoms with E-state index >= 15 is 0 Å².